The normalized spacial score (nSPS) is 10.9. The van der Waals surface area contributed by atoms with Crippen molar-refractivity contribution in [3.8, 4) is 5.69 Å². The van der Waals surface area contributed by atoms with Gasteiger partial charge in [-0.3, -0.25) is 9.36 Å². The Morgan fingerprint density at radius 2 is 1.58 bits per heavy atom. The Balaban J connectivity index is 1.68. The molecule has 1 amide bonds. The number of amides is 1. The van der Waals surface area contributed by atoms with Gasteiger partial charge in [-0.25, -0.2) is 9.97 Å². The van der Waals surface area contributed by atoms with E-state index in [1.165, 1.54) is 0 Å². The molecule has 0 atom stereocenters. The maximum Gasteiger partial charge on any atom is 0.250 e. The van der Waals surface area contributed by atoms with Crippen LogP contribution in [0.3, 0.4) is 0 Å². The number of hydrogen-bond donors (Lipinski definition) is 2. The molecule has 2 aromatic heterocycles. The van der Waals surface area contributed by atoms with Gasteiger partial charge < -0.3 is 11.1 Å². The first-order valence-electron chi connectivity index (χ1n) is 10.8. The maximum absolute atomic E-state index is 12.5. The summed E-state index contributed by atoms with van der Waals surface area (Å²) in [5.41, 5.74) is 11.6. The average molecular weight is 434 g/mol. The first-order valence-corrected chi connectivity index (χ1v) is 10.8. The summed E-state index contributed by atoms with van der Waals surface area (Å²) in [7, 11) is 0. The Bertz CT molecular complexity index is 1410. The summed E-state index contributed by atoms with van der Waals surface area (Å²) in [6.07, 6.45) is 2.37. The molecule has 5 rings (SSSR count). The average Bonchev–Trinajstić information content (AvgIpc) is 3.22. The summed E-state index contributed by atoms with van der Waals surface area (Å²) >= 11 is 0. The number of fused-ring (bicyclic) bond motifs is 1. The van der Waals surface area contributed by atoms with Gasteiger partial charge in [-0.05, 0) is 41.3 Å². The fourth-order valence-corrected chi connectivity index (χ4v) is 4.03. The molecule has 5 aromatic rings. The molecule has 0 aliphatic rings. The van der Waals surface area contributed by atoms with E-state index >= 15 is 0 Å². The molecule has 0 saturated heterocycles. The zero-order valence-electron chi connectivity index (χ0n) is 18.0. The lowest BCUT2D eigenvalue weighted by atomic mass is 9.99. The third-order valence-electron chi connectivity index (χ3n) is 5.56. The number of rotatable bonds is 7. The van der Waals surface area contributed by atoms with Crippen molar-refractivity contribution in [1.82, 2.24) is 14.5 Å². The second-order valence-electron chi connectivity index (χ2n) is 7.80. The lowest BCUT2D eigenvalue weighted by molar-refractivity contribution is 0.1000. The maximum atomic E-state index is 12.5. The number of carbonyl (C=O) groups excluding carboxylic acids is 1. The standard InChI is InChI=1S/C27H23N5O/c28-25(33)22-14-7-13-21(17-19-9-3-1-4-10-19)24(22)32-26-23(15-8-16-29-26)31-27(32)30-18-20-11-5-2-6-12-20/h1-16H,17-18H2,(H2,28,33)(H,30,31). The van der Waals surface area contributed by atoms with Crippen LogP contribution in [0.5, 0.6) is 0 Å². The zero-order valence-corrected chi connectivity index (χ0v) is 18.0. The molecule has 2 heterocycles. The van der Waals surface area contributed by atoms with Crippen molar-refractivity contribution in [2.45, 2.75) is 13.0 Å². The Hall–Kier alpha value is -4.45. The van der Waals surface area contributed by atoms with E-state index in [1.54, 1.807) is 12.3 Å². The second kappa shape index (κ2) is 8.96. The van der Waals surface area contributed by atoms with Crippen molar-refractivity contribution < 1.29 is 4.79 Å². The Morgan fingerprint density at radius 1 is 0.848 bits per heavy atom. The smallest absolute Gasteiger partial charge is 0.250 e. The molecule has 0 unspecified atom stereocenters. The summed E-state index contributed by atoms with van der Waals surface area (Å²) in [4.78, 5) is 21.9. The van der Waals surface area contributed by atoms with Crippen molar-refractivity contribution >= 4 is 23.0 Å². The highest BCUT2D eigenvalue weighted by Crippen LogP contribution is 2.30. The number of benzene rings is 3. The predicted octanol–water partition coefficient (Wildman–Crippen LogP) is 4.72. The molecule has 6 nitrogen and oxygen atoms in total. The molecule has 162 valence electrons. The third kappa shape index (κ3) is 4.19. The van der Waals surface area contributed by atoms with Crippen molar-refractivity contribution in [2.24, 2.45) is 5.73 Å². The van der Waals surface area contributed by atoms with Crippen LogP contribution in [0.4, 0.5) is 5.95 Å². The second-order valence-corrected chi connectivity index (χ2v) is 7.80. The van der Waals surface area contributed by atoms with E-state index in [4.69, 9.17) is 10.7 Å². The molecule has 0 radical (unpaired) electrons. The largest absolute Gasteiger partial charge is 0.366 e. The van der Waals surface area contributed by atoms with Gasteiger partial charge >= 0.3 is 0 Å². The van der Waals surface area contributed by atoms with E-state index in [1.807, 2.05) is 65.2 Å². The van der Waals surface area contributed by atoms with E-state index < -0.39 is 5.91 Å². The number of aromatic nitrogens is 3. The summed E-state index contributed by atoms with van der Waals surface area (Å²) in [6.45, 7) is 0.580. The van der Waals surface area contributed by atoms with Crippen molar-refractivity contribution in [2.75, 3.05) is 5.32 Å². The molecular formula is C27H23N5O. The summed E-state index contributed by atoms with van der Waals surface area (Å²) in [5.74, 6) is 0.113. The fraction of sp³-hybridized carbons (Fsp3) is 0.0741. The first-order chi connectivity index (χ1) is 16.2. The SMILES string of the molecule is NC(=O)c1cccc(Cc2ccccc2)c1-n1c(NCc2ccccc2)nc2cccnc21. The third-order valence-corrected chi connectivity index (χ3v) is 5.56. The van der Waals surface area contributed by atoms with Crippen LogP contribution in [0.25, 0.3) is 16.9 Å². The van der Waals surface area contributed by atoms with Gasteiger partial charge in [-0.2, -0.15) is 0 Å². The van der Waals surface area contributed by atoms with Gasteiger partial charge in [0.05, 0.1) is 11.3 Å². The Morgan fingerprint density at radius 3 is 2.30 bits per heavy atom. The minimum absolute atomic E-state index is 0.427. The lowest BCUT2D eigenvalue weighted by Crippen LogP contribution is -2.18. The van der Waals surface area contributed by atoms with Crippen molar-refractivity contribution in [3.63, 3.8) is 0 Å². The number of primary amides is 1. The summed E-state index contributed by atoms with van der Waals surface area (Å²) in [6, 6.07) is 29.6. The van der Waals surface area contributed by atoms with Crippen LogP contribution in [0.15, 0.2) is 97.2 Å². The molecule has 0 aliphatic carbocycles. The number of imidazole rings is 1. The summed E-state index contributed by atoms with van der Waals surface area (Å²) < 4.78 is 1.91. The molecule has 3 aromatic carbocycles. The van der Waals surface area contributed by atoms with Crippen molar-refractivity contribution in [3.05, 3.63) is 119 Å². The molecule has 0 fully saturated rings. The van der Waals surface area contributed by atoms with E-state index in [9.17, 15) is 4.79 Å². The minimum atomic E-state index is -0.494. The number of nitrogens with two attached hydrogens (primary N) is 1. The molecule has 6 heteroatoms. The van der Waals surface area contributed by atoms with Crippen LogP contribution >= 0.6 is 0 Å². The monoisotopic (exact) mass is 433 g/mol. The van der Waals surface area contributed by atoms with Gasteiger partial charge in [0.25, 0.3) is 5.91 Å². The van der Waals surface area contributed by atoms with Crippen LogP contribution in [0.2, 0.25) is 0 Å². The van der Waals surface area contributed by atoms with Crippen LogP contribution in [0.1, 0.15) is 27.0 Å². The van der Waals surface area contributed by atoms with Crippen LogP contribution in [0, 0.1) is 0 Å². The van der Waals surface area contributed by atoms with Gasteiger partial charge in [0.15, 0.2) is 5.65 Å². The number of nitrogens with zero attached hydrogens (tertiary/aromatic N) is 3. The Labute approximate surface area is 191 Å². The summed E-state index contributed by atoms with van der Waals surface area (Å²) in [5, 5.41) is 3.43. The number of pyridine rings is 1. The Kier molecular flexibility index (Phi) is 5.55. The van der Waals surface area contributed by atoms with E-state index in [-0.39, 0.29) is 0 Å². The molecule has 0 saturated carbocycles. The quantitative estimate of drug-likeness (QED) is 0.389. The van der Waals surface area contributed by atoms with E-state index in [2.05, 4.69) is 34.6 Å². The molecule has 0 aliphatic heterocycles. The van der Waals surface area contributed by atoms with Gasteiger partial charge in [-0.1, -0.05) is 72.8 Å². The van der Waals surface area contributed by atoms with Crippen LogP contribution in [-0.4, -0.2) is 20.4 Å². The first kappa shape index (κ1) is 20.5. The number of para-hydroxylation sites is 1. The molecule has 0 spiro atoms. The zero-order chi connectivity index (χ0) is 22.6. The van der Waals surface area contributed by atoms with E-state index in [0.29, 0.717) is 35.8 Å². The van der Waals surface area contributed by atoms with Crippen LogP contribution in [-0.2, 0) is 13.0 Å². The topological polar surface area (TPSA) is 85.8 Å². The number of anilines is 1. The highest BCUT2D eigenvalue weighted by Gasteiger charge is 2.21. The highest BCUT2D eigenvalue weighted by atomic mass is 16.1. The van der Waals surface area contributed by atoms with Gasteiger partial charge in [0, 0.05) is 12.7 Å². The van der Waals surface area contributed by atoms with E-state index in [0.717, 1.165) is 22.2 Å². The van der Waals surface area contributed by atoms with Crippen molar-refractivity contribution in [1.29, 1.82) is 0 Å². The highest BCUT2D eigenvalue weighted by molar-refractivity contribution is 5.98. The van der Waals surface area contributed by atoms with Gasteiger partial charge in [-0.15, -0.1) is 0 Å². The molecule has 33 heavy (non-hydrogen) atoms. The lowest BCUT2D eigenvalue weighted by Gasteiger charge is -2.17. The van der Waals surface area contributed by atoms with Gasteiger partial charge in [0.2, 0.25) is 5.95 Å². The number of hydrogen-bond acceptors (Lipinski definition) is 4. The predicted molar refractivity (Wildman–Crippen MR) is 130 cm³/mol. The number of nitrogens with one attached hydrogen (secondary N) is 1. The molecule has 0 bridgehead atoms. The molecular weight excluding hydrogens is 410 g/mol. The number of carbonyl (C=O) groups is 1. The van der Waals surface area contributed by atoms with Gasteiger partial charge in [0.1, 0.15) is 5.52 Å². The minimum Gasteiger partial charge on any atom is -0.366 e. The molecule has 3 N–H and O–H groups in total. The van der Waals surface area contributed by atoms with Crippen LogP contribution < -0.4 is 11.1 Å². The fourth-order valence-electron chi connectivity index (χ4n) is 4.03.